The van der Waals surface area contributed by atoms with Gasteiger partial charge in [0.05, 0.1) is 0 Å². The van der Waals surface area contributed by atoms with Crippen molar-refractivity contribution in [3.8, 4) is 17.2 Å². The van der Waals surface area contributed by atoms with Crippen molar-refractivity contribution in [3.63, 3.8) is 0 Å². The number of rotatable bonds is 9. The van der Waals surface area contributed by atoms with Gasteiger partial charge in [0.1, 0.15) is 22.8 Å². The van der Waals surface area contributed by atoms with E-state index in [0.717, 1.165) is 51.8 Å². The molecule has 50 heavy (non-hydrogen) atoms. The van der Waals surface area contributed by atoms with E-state index in [9.17, 15) is 20.4 Å². The maximum absolute atomic E-state index is 9.70. The number of phenolic OH excluding ortho intramolecular Hbond substituents is 3. The number of phenols is 3. The molecule has 4 N–H and O–H groups in total. The van der Waals surface area contributed by atoms with E-state index in [1.54, 1.807) is 36.4 Å². The highest BCUT2D eigenvalue weighted by atomic mass is 16.5. The molecule has 7 rings (SSSR count). The topological polar surface area (TPSA) is 90.2 Å². The summed E-state index contributed by atoms with van der Waals surface area (Å²) < 4.78 is 6.41. The Morgan fingerprint density at radius 1 is 0.540 bits per heavy atom. The molecule has 1 saturated heterocycles. The number of allylic oxidation sites excluding steroid dienone is 1. The van der Waals surface area contributed by atoms with E-state index in [-0.39, 0.29) is 29.8 Å². The molecule has 0 bridgehead atoms. The van der Waals surface area contributed by atoms with Gasteiger partial charge in [-0.2, -0.15) is 0 Å². The largest absolute Gasteiger partial charge is 0.508 e. The van der Waals surface area contributed by atoms with Gasteiger partial charge in [-0.3, -0.25) is 0 Å². The first-order chi connectivity index (χ1) is 24.5. The van der Waals surface area contributed by atoms with Gasteiger partial charge in [0.2, 0.25) is 0 Å². The van der Waals surface area contributed by atoms with Crippen LogP contribution in [0.1, 0.15) is 58.6 Å². The Balaban J connectivity index is 0.000000173. The number of ether oxygens (including phenoxy) is 1. The molecule has 1 aliphatic heterocycles. The van der Waals surface area contributed by atoms with Crippen LogP contribution in [0.2, 0.25) is 0 Å². The number of hydrogen-bond donors (Lipinski definition) is 4. The summed E-state index contributed by atoms with van der Waals surface area (Å²) in [5.41, 5.74) is 8.32. The molecule has 0 spiro atoms. The van der Waals surface area contributed by atoms with Crippen LogP contribution in [0.3, 0.4) is 0 Å². The average Bonchev–Trinajstić information content (AvgIpc) is 3.62. The SMILES string of the molecule is OCCCC(=C(c1ccccc1)c1ccc(O)cc1)c1ccccc1.Oc1ccc(C2CCOC2(c2ccccc2)c2ccc(O)cc2)cc1. The molecule has 0 aromatic heterocycles. The van der Waals surface area contributed by atoms with E-state index < -0.39 is 5.60 Å². The smallest absolute Gasteiger partial charge is 0.125 e. The lowest BCUT2D eigenvalue weighted by Gasteiger charge is -2.36. The minimum atomic E-state index is -0.605. The van der Waals surface area contributed by atoms with Crippen molar-refractivity contribution in [2.24, 2.45) is 0 Å². The Bertz CT molecular complexity index is 1950. The van der Waals surface area contributed by atoms with Crippen LogP contribution < -0.4 is 0 Å². The van der Waals surface area contributed by atoms with Crippen molar-refractivity contribution in [1.29, 1.82) is 0 Å². The maximum Gasteiger partial charge on any atom is 0.125 e. The Hall–Kier alpha value is -5.62. The molecule has 5 heteroatoms. The molecular formula is C45H42O5. The van der Waals surface area contributed by atoms with Gasteiger partial charge in [-0.25, -0.2) is 0 Å². The van der Waals surface area contributed by atoms with Crippen LogP contribution in [0.15, 0.2) is 164 Å². The number of hydrogen-bond acceptors (Lipinski definition) is 5. The fraction of sp³-hybridized carbons (Fsp3) is 0.156. The lowest BCUT2D eigenvalue weighted by atomic mass is 9.73. The summed E-state index contributed by atoms with van der Waals surface area (Å²) >= 11 is 0. The van der Waals surface area contributed by atoms with Gasteiger partial charge in [0.25, 0.3) is 0 Å². The molecule has 1 heterocycles. The van der Waals surface area contributed by atoms with Crippen LogP contribution in [-0.2, 0) is 10.3 Å². The van der Waals surface area contributed by atoms with Crippen molar-refractivity contribution in [1.82, 2.24) is 0 Å². The van der Waals surface area contributed by atoms with Gasteiger partial charge in [-0.1, -0.05) is 127 Å². The van der Waals surface area contributed by atoms with Crippen LogP contribution in [-0.4, -0.2) is 33.6 Å². The quantitative estimate of drug-likeness (QED) is 0.116. The first-order valence-corrected chi connectivity index (χ1v) is 17.0. The lowest BCUT2D eigenvalue weighted by molar-refractivity contribution is 0.0262. The minimum Gasteiger partial charge on any atom is -0.508 e. The third-order valence-electron chi connectivity index (χ3n) is 9.25. The molecule has 0 saturated carbocycles. The van der Waals surface area contributed by atoms with Crippen LogP contribution >= 0.6 is 0 Å². The van der Waals surface area contributed by atoms with E-state index in [1.807, 2.05) is 91.0 Å². The predicted octanol–water partition coefficient (Wildman–Crippen LogP) is 9.67. The summed E-state index contributed by atoms with van der Waals surface area (Å²) in [6.45, 7) is 0.815. The molecule has 0 amide bonds. The third kappa shape index (κ3) is 7.65. The Morgan fingerprint density at radius 2 is 1.00 bits per heavy atom. The van der Waals surface area contributed by atoms with Gasteiger partial charge in [0, 0.05) is 19.1 Å². The van der Waals surface area contributed by atoms with Crippen LogP contribution in [0, 0.1) is 0 Å². The predicted molar refractivity (Wildman–Crippen MR) is 200 cm³/mol. The maximum atomic E-state index is 9.70. The molecule has 6 aromatic carbocycles. The zero-order valence-electron chi connectivity index (χ0n) is 27.9. The molecule has 5 nitrogen and oxygen atoms in total. The van der Waals surface area contributed by atoms with Crippen LogP contribution in [0.25, 0.3) is 11.1 Å². The summed E-state index contributed by atoms with van der Waals surface area (Å²) in [5, 5.41) is 38.4. The van der Waals surface area contributed by atoms with Gasteiger partial charge >= 0.3 is 0 Å². The van der Waals surface area contributed by atoms with Crippen molar-refractivity contribution in [2.45, 2.75) is 30.8 Å². The van der Waals surface area contributed by atoms with Crippen molar-refractivity contribution >= 4 is 11.1 Å². The molecule has 6 aromatic rings. The van der Waals surface area contributed by atoms with Gasteiger partial charge in [-0.15, -0.1) is 0 Å². The highest BCUT2D eigenvalue weighted by molar-refractivity contribution is 5.98. The molecular weight excluding hydrogens is 620 g/mol. The first kappa shape index (κ1) is 34.3. The Labute approximate surface area is 294 Å². The van der Waals surface area contributed by atoms with Gasteiger partial charge < -0.3 is 25.2 Å². The number of aliphatic hydroxyl groups is 1. The Morgan fingerprint density at radius 3 is 1.56 bits per heavy atom. The fourth-order valence-electron chi connectivity index (χ4n) is 6.94. The summed E-state index contributed by atoms with van der Waals surface area (Å²) in [6, 6.07) is 52.8. The third-order valence-corrected chi connectivity index (χ3v) is 9.25. The number of aromatic hydroxyl groups is 3. The van der Waals surface area contributed by atoms with E-state index in [2.05, 4.69) is 36.4 Å². The van der Waals surface area contributed by atoms with Gasteiger partial charge in [0.15, 0.2) is 0 Å². The molecule has 1 aliphatic rings. The highest BCUT2D eigenvalue weighted by Gasteiger charge is 2.47. The average molecular weight is 663 g/mol. The second-order valence-electron chi connectivity index (χ2n) is 12.4. The highest BCUT2D eigenvalue weighted by Crippen LogP contribution is 2.51. The van der Waals surface area contributed by atoms with E-state index in [0.29, 0.717) is 13.0 Å². The van der Waals surface area contributed by atoms with E-state index in [1.165, 1.54) is 5.57 Å². The molecule has 1 fully saturated rings. The van der Waals surface area contributed by atoms with Gasteiger partial charge in [-0.05, 0) is 100 Å². The normalized spacial score (nSPS) is 17.3. The minimum absolute atomic E-state index is 0.125. The molecule has 2 atom stereocenters. The Kier molecular flexibility index (Phi) is 11.1. The number of aliphatic hydroxyl groups excluding tert-OH is 1. The first-order valence-electron chi connectivity index (χ1n) is 17.0. The second-order valence-corrected chi connectivity index (χ2v) is 12.4. The fourth-order valence-corrected chi connectivity index (χ4v) is 6.94. The molecule has 2 unspecified atom stereocenters. The molecule has 0 radical (unpaired) electrons. The van der Waals surface area contributed by atoms with Crippen molar-refractivity contribution in [3.05, 3.63) is 197 Å². The second kappa shape index (κ2) is 16.2. The molecule has 0 aliphatic carbocycles. The summed E-state index contributed by atoms with van der Waals surface area (Å²) in [6.07, 6.45) is 2.38. The molecule has 252 valence electrons. The summed E-state index contributed by atoms with van der Waals surface area (Å²) in [7, 11) is 0. The van der Waals surface area contributed by atoms with Crippen molar-refractivity contribution in [2.75, 3.05) is 13.2 Å². The summed E-state index contributed by atoms with van der Waals surface area (Å²) in [4.78, 5) is 0. The summed E-state index contributed by atoms with van der Waals surface area (Å²) in [5.74, 6) is 0.886. The van der Waals surface area contributed by atoms with Crippen LogP contribution in [0.4, 0.5) is 0 Å². The van der Waals surface area contributed by atoms with Crippen LogP contribution in [0.5, 0.6) is 17.2 Å². The van der Waals surface area contributed by atoms with E-state index in [4.69, 9.17) is 4.74 Å². The van der Waals surface area contributed by atoms with Crippen molar-refractivity contribution < 1.29 is 25.2 Å². The zero-order chi connectivity index (χ0) is 34.8. The number of benzene rings is 6. The monoisotopic (exact) mass is 662 g/mol. The standard InChI is InChI=1S/C23H22O2.C22H20O3/c24-17-7-12-22(18-8-3-1-4-9-18)23(19-10-5-2-6-11-19)20-13-15-21(25)16-14-20;23-19-10-6-16(7-11-19)21-14-15-25-22(21,17-4-2-1-3-5-17)18-8-12-20(24)13-9-18/h1-6,8-11,13-16,24-25H,7,12,17H2;1-13,21,23-24H,14-15H2. The zero-order valence-corrected chi connectivity index (χ0v) is 27.9. The van der Waals surface area contributed by atoms with E-state index >= 15 is 0 Å². The lowest BCUT2D eigenvalue weighted by Crippen LogP contribution is -2.32.